The number of carbonyl (C=O) groups excluding carboxylic acids is 1. The van der Waals surface area contributed by atoms with E-state index in [4.69, 9.17) is 0 Å². The third-order valence-electron chi connectivity index (χ3n) is 3.65. The average molecular weight is 525 g/mol. The number of rotatable bonds is 7. The highest BCUT2D eigenvalue weighted by Gasteiger charge is 2.27. The van der Waals surface area contributed by atoms with Gasteiger partial charge in [0, 0.05) is 17.6 Å². The zero-order valence-electron chi connectivity index (χ0n) is 15.6. The van der Waals surface area contributed by atoms with Gasteiger partial charge < -0.3 is 16.0 Å². The van der Waals surface area contributed by atoms with Crippen molar-refractivity contribution < 1.29 is 4.79 Å². The molecule has 0 spiro atoms. The van der Waals surface area contributed by atoms with E-state index in [1.165, 1.54) is 0 Å². The summed E-state index contributed by atoms with van der Waals surface area (Å²) < 4.78 is 1.06. The van der Waals surface area contributed by atoms with E-state index in [-0.39, 0.29) is 35.9 Å². The van der Waals surface area contributed by atoms with E-state index >= 15 is 0 Å². The number of carbonyl (C=O) groups is 1. The van der Waals surface area contributed by atoms with Gasteiger partial charge in [-0.05, 0) is 46.2 Å². The van der Waals surface area contributed by atoms with Gasteiger partial charge in [0.05, 0.1) is 18.0 Å². The van der Waals surface area contributed by atoms with Crippen molar-refractivity contribution in [2.75, 3.05) is 19.6 Å². The van der Waals surface area contributed by atoms with Crippen molar-refractivity contribution in [3.63, 3.8) is 0 Å². The molecule has 1 rings (SSSR count). The van der Waals surface area contributed by atoms with Crippen molar-refractivity contribution in [2.45, 2.75) is 40.7 Å². The molecule has 0 aromatic heterocycles. The van der Waals surface area contributed by atoms with Crippen LogP contribution in [0.1, 0.15) is 46.2 Å². The summed E-state index contributed by atoms with van der Waals surface area (Å²) in [5.41, 5.74) is 0.612. The van der Waals surface area contributed by atoms with Gasteiger partial charge in [-0.1, -0.05) is 34.1 Å². The Balaban J connectivity index is 0.00000576. The third kappa shape index (κ3) is 7.94. The zero-order valence-corrected chi connectivity index (χ0v) is 19.6. The van der Waals surface area contributed by atoms with Gasteiger partial charge in [0.1, 0.15) is 0 Å². The summed E-state index contributed by atoms with van der Waals surface area (Å²) in [5, 5.41) is 9.49. The first-order chi connectivity index (χ1) is 11.3. The minimum atomic E-state index is -0.547. The highest BCUT2D eigenvalue weighted by Crippen LogP contribution is 2.22. The Morgan fingerprint density at radius 2 is 1.80 bits per heavy atom. The smallest absolute Gasteiger partial charge is 0.227 e. The number of hydrogen-bond acceptors (Lipinski definition) is 2. The molecule has 5 nitrogen and oxygen atoms in total. The number of nitrogens with zero attached hydrogens (tertiary/aromatic N) is 1. The summed E-state index contributed by atoms with van der Waals surface area (Å²) in [6.45, 7) is 11.6. The summed E-state index contributed by atoms with van der Waals surface area (Å²) in [6, 6.07) is 8.19. The SMILES string of the molecule is CCNC(=O)C(C)(C)CN=C(NCC)NC(C)c1ccccc1Br.I. The molecule has 3 N–H and O–H groups in total. The maximum Gasteiger partial charge on any atom is 0.227 e. The fourth-order valence-corrected chi connectivity index (χ4v) is 2.81. The minimum absolute atomic E-state index is 0. The molecule has 0 saturated carbocycles. The molecule has 25 heavy (non-hydrogen) atoms. The number of aliphatic imine (C=N–C) groups is 1. The number of hydrogen-bond donors (Lipinski definition) is 3. The Bertz CT molecular complexity index is 578. The van der Waals surface area contributed by atoms with Gasteiger partial charge in [-0.25, -0.2) is 0 Å². The Hall–Kier alpha value is -0.830. The first kappa shape index (κ1) is 24.2. The van der Waals surface area contributed by atoms with Crippen LogP contribution in [0.5, 0.6) is 0 Å². The van der Waals surface area contributed by atoms with Crippen LogP contribution in [0.2, 0.25) is 0 Å². The number of benzene rings is 1. The Kier molecular flexibility index (Phi) is 11.3. The molecule has 7 heteroatoms. The molecule has 0 saturated heterocycles. The standard InChI is InChI=1S/C18H29BrN4O.HI/c1-6-20-16(24)18(4,5)12-22-17(21-7-2)23-13(3)14-10-8-9-11-15(14)19;/h8-11,13H,6-7,12H2,1-5H3,(H,20,24)(H2,21,22,23);1H. The molecule has 0 fully saturated rings. The van der Waals surface area contributed by atoms with Crippen molar-refractivity contribution in [1.82, 2.24) is 16.0 Å². The Morgan fingerprint density at radius 1 is 1.20 bits per heavy atom. The van der Waals surface area contributed by atoms with Crippen LogP contribution >= 0.6 is 39.9 Å². The van der Waals surface area contributed by atoms with E-state index in [2.05, 4.69) is 49.9 Å². The number of halogens is 2. The van der Waals surface area contributed by atoms with E-state index in [0.29, 0.717) is 19.0 Å². The van der Waals surface area contributed by atoms with E-state index in [9.17, 15) is 4.79 Å². The quantitative estimate of drug-likeness (QED) is 0.288. The molecule has 0 bridgehead atoms. The maximum atomic E-state index is 12.1. The molecule has 1 unspecified atom stereocenters. The summed E-state index contributed by atoms with van der Waals surface area (Å²) in [7, 11) is 0. The number of amides is 1. The monoisotopic (exact) mass is 524 g/mol. The summed E-state index contributed by atoms with van der Waals surface area (Å²) in [5.74, 6) is 0.724. The van der Waals surface area contributed by atoms with Crippen LogP contribution in [-0.4, -0.2) is 31.5 Å². The van der Waals surface area contributed by atoms with Gasteiger partial charge >= 0.3 is 0 Å². The first-order valence-corrected chi connectivity index (χ1v) is 9.18. The molecule has 0 radical (unpaired) electrons. The summed E-state index contributed by atoms with van der Waals surface area (Å²) in [6.07, 6.45) is 0. The molecule has 0 heterocycles. The molecule has 0 aliphatic carbocycles. The molecule has 142 valence electrons. The predicted molar refractivity (Wildman–Crippen MR) is 120 cm³/mol. The molecule has 0 aliphatic heterocycles. The highest BCUT2D eigenvalue weighted by atomic mass is 127. The van der Waals surface area contributed by atoms with Crippen LogP contribution in [0.15, 0.2) is 33.7 Å². The highest BCUT2D eigenvalue weighted by molar-refractivity contribution is 14.0. The molecule has 1 aromatic rings. The molecule has 0 aliphatic rings. The molecule has 1 atom stereocenters. The van der Waals surface area contributed by atoms with Gasteiger partial charge in [0.2, 0.25) is 5.91 Å². The molecule has 1 aromatic carbocycles. The van der Waals surface area contributed by atoms with E-state index in [1.54, 1.807) is 0 Å². The van der Waals surface area contributed by atoms with Crippen molar-refractivity contribution >= 4 is 51.8 Å². The average Bonchev–Trinajstić information content (AvgIpc) is 2.53. The van der Waals surface area contributed by atoms with Crippen molar-refractivity contribution in [2.24, 2.45) is 10.4 Å². The van der Waals surface area contributed by atoms with Crippen LogP contribution in [-0.2, 0) is 4.79 Å². The fraction of sp³-hybridized carbons (Fsp3) is 0.556. The summed E-state index contributed by atoms with van der Waals surface area (Å²) >= 11 is 3.58. The first-order valence-electron chi connectivity index (χ1n) is 8.39. The molecular formula is C18H30BrIN4O. The van der Waals surface area contributed by atoms with Crippen molar-refractivity contribution in [1.29, 1.82) is 0 Å². The second-order valence-electron chi connectivity index (χ2n) is 6.33. The Labute approximate surface area is 177 Å². The van der Waals surface area contributed by atoms with E-state index < -0.39 is 5.41 Å². The molecular weight excluding hydrogens is 495 g/mol. The normalized spacial score (nSPS) is 12.8. The lowest BCUT2D eigenvalue weighted by atomic mass is 9.92. The van der Waals surface area contributed by atoms with Crippen molar-refractivity contribution in [3.8, 4) is 0 Å². The van der Waals surface area contributed by atoms with E-state index in [0.717, 1.165) is 16.6 Å². The van der Waals surface area contributed by atoms with Crippen LogP contribution in [0.25, 0.3) is 0 Å². The van der Waals surface area contributed by atoms with Gasteiger partial charge in [0.15, 0.2) is 5.96 Å². The lowest BCUT2D eigenvalue weighted by Crippen LogP contribution is -2.42. The van der Waals surface area contributed by atoms with Crippen LogP contribution in [0.4, 0.5) is 0 Å². The van der Waals surface area contributed by atoms with Crippen LogP contribution < -0.4 is 16.0 Å². The summed E-state index contributed by atoms with van der Waals surface area (Å²) in [4.78, 5) is 16.7. The van der Waals surface area contributed by atoms with Crippen LogP contribution in [0.3, 0.4) is 0 Å². The zero-order chi connectivity index (χ0) is 18.2. The topological polar surface area (TPSA) is 65.5 Å². The largest absolute Gasteiger partial charge is 0.357 e. The van der Waals surface area contributed by atoms with Gasteiger partial charge in [-0.15, -0.1) is 24.0 Å². The maximum absolute atomic E-state index is 12.1. The predicted octanol–water partition coefficient (Wildman–Crippen LogP) is 3.85. The second-order valence-corrected chi connectivity index (χ2v) is 7.18. The van der Waals surface area contributed by atoms with E-state index in [1.807, 2.05) is 45.9 Å². The van der Waals surface area contributed by atoms with Crippen molar-refractivity contribution in [3.05, 3.63) is 34.3 Å². The van der Waals surface area contributed by atoms with Gasteiger partial charge in [-0.3, -0.25) is 9.79 Å². The van der Waals surface area contributed by atoms with Crippen LogP contribution in [0, 0.1) is 5.41 Å². The minimum Gasteiger partial charge on any atom is -0.357 e. The molecule has 1 amide bonds. The Morgan fingerprint density at radius 3 is 2.36 bits per heavy atom. The third-order valence-corrected chi connectivity index (χ3v) is 4.38. The lowest BCUT2D eigenvalue weighted by Gasteiger charge is -2.23. The fourth-order valence-electron chi connectivity index (χ4n) is 2.18. The lowest BCUT2D eigenvalue weighted by molar-refractivity contribution is -0.128. The second kappa shape index (κ2) is 11.7. The van der Waals surface area contributed by atoms with Gasteiger partial charge in [-0.2, -0.15) is 0 Å². The van der Waals surface area contributed by atoms with Gasteiger partial charge in [0.25, 0.3) is 0 Å². The number of guanidine groups is 1. The number of nitrogens with one attached hydrogen (secondary N) is 3.